The zero-order chi connectivity index (χ0) is 30.7. The van der Waals surface area contributed by atoms with E-state index in [2.05, 4.69) is 17.2 Å². The van der Waals surface area contributed by atoms with Crippen LogP contribution in [-0.4, -0.2) is 70.1 Å². The molecule has 1 aromatic heterocycles. The standard InChI is InChI=1S/C32H42N4O6Si/c1-21-28(15-12-23-10-13-25(14-11-23)36-30(39)18-31(36)41-22(2)38)42-29(32(21)43(3,4)40)16-17-35-19-27(33-34-35)26(20-37)24-8-6-5-7-9-24/h5-11,13-14,19,21,26,28-29,31-32,37,40H,12,15-18,20H2,1-4H3/t21-,26?,28+,29-,31?,32+/m0/s1. The van der Waals surface area contributed by atoms with Crippen LogP contribution in [0.2, 0.25) is 18.6 Å². The van der Waals surface area contributed by atoms with Crippen LogP contribution in [0.3, 0.4) is 0 Å². The largest absolute Gasteiger partial charge is 0.441 e. The van der Waals surface area contributed by atoms with Crippen molar-refractivity contribution in [2.24, 2.45) is 5.92 Å². The molecule has 0 spiro atoms. The van der Waals surface area contributed by atoms with Crippen molar-refractivity contribution < 1.29 is 29.0 Å². The summed E-state index contributed by atoms with van der Waals surface area (Å²) < 4.78 is 13.7. The lowest BCUT2D eigenvalue weighted by atomic mass is 9.95. The van der Waals surface area contributed by atoms with E-state index < -0.39 is 20.5 Å². The van der Waals surface area contributed by atoms with Crippen molar-refractivity contribution in [2.45, 2.75) is 89.1 Å². The van der Waals surface area contributed by atoms with Crippen molar-refractivity contribution in [3.05, 3.63) is 77.6 Å². The van der Waals surface area contributed by atoms with Crippen LogP contribution in [0, 0.1) is 5.92 Å². The summed E-state index contributed by atoms with van der Waals surface area (Å²) in [7, 11) is -2.52. The highest BCUT2D eigenvalue weighted by molar-refractivity contribution is 6.71. The van der Waals surface area contributed by atoms with Gasteiger partial charge in [-0.2, -0.15) is 0 Å². The van der Waals surface area contributed by atoms with Gasteiger partial charge in [0, 0.05) is 30.9 Å². The highest BCUT2D eigenvalue weighted by atomic mass is 28.4. The first-order chi connectivity index (χ1) is 20.5. The second kappa shape index (κ2) is 13.1. The van der Waals surface area contributed by atoms with Crippen LogP contribution in [0.15, 0.2) is 60.8 Å². The Kier molecular flexibility index (Phi) is 9.45. The second-order valence-electron chi connectivity index (χ2n) is 12.3. The van der Waals surface area contributed by atoms with E-state index in [4.69, 9.17) is 9.47 Å². The lowest BCUT2D eigenvalue weighted by molar-refractivity contribution is -0.153. The van der Waals surface area contributed by atoms with Gasteiger partial charge in [0.1, 0.15) is 0 Å². The topological polar surface area (TPSA) is 127 Å². The molecule has 0 bridgehead atoms. The lowest BCUT2D eigenvalue weighted by Crippen LogP contribution is -2.54. The molecule has 2 saturated heterocycles. The van der Waals surface area contributed by atoms with Crippen molar-refractivity contribution >= 4 is 25.9 Å². The van der Waals surface area contributed by atoms with Gasteiger partial charge in [0.2, 0.25) is 5.91 Å². The van der Waals surface area contributed by atoms with Gasteiger partial charge in [-0.05, 0) is 61.5 Å². The van der Waals surface area contributed by atoms with E-state index in [0.717, 1.165) is 35.3 Å². The van der Waals surface area contributed by atoms with Gasteiger partial charge in [0.15, 0.2) is 14.5 Å². The number of hydrogen-bond donors (Lipinski definition) is 2. The Hall–Kier alpha value is -3.38. The van der Waals surface area contributed by atoms with E-state index in [1.165, 1.54) is 11.8 Å². The summed E-state index contributed by atoms with van der Waals surface area (Å²) >= 11 is 0. The molecule has 1 amide bonds. The van der Waals surface area contributed by atoms with Crippen LogP contribution >= 0.6 is 0 Å². The quantitative estimate of drug-likeness (QED) is 0.180. The van der Waals surface area contributed by atoms with Crippen LogP contribution in [-0.2, 0) is 32.0 Å². The van der Waals surface area contributed by atoms with Crippen molar-refractivity contribution in [3.8, 4) is 0 Å². The Balaban J connectivity index is 1.19. The summed E-state index contributed by atoms with van der Waals surface area (Å²) in [5, 5.41) is 18.7. The maximum Gasteiger partial charge on any atom is 0.304 e. The highest BCUT2D eigenvalue weighted by Crippen LogP contribution is 2.45. The SMILES string of the molecule is CC(=O)OC1CC(=O)N1c1ccc(CC[C@H]2O[C@@H](CCn3cc(C(CO)c4ccccc4)nn3)[C@H]([Si](C)(C)O)[C@H]2C)cc1. The first-order valence-corrected chi connectivity index (χ1v) is 18.1. The molecule has 0 aliphatic carbocycles. The molecule has 2 aliphatic rings. The summed E-state index contributed by atoms with van der Waals surface area (Å²) in [6.45, 7) is 8.07. The van der Waals surface area contributed by atoms with E-state index in [1.807, 2.05) is 78.6 Å². The average molecular weight is 607 g/mol. The summed E-state index contributed by atoms with van der Waals surface area (Å²) in [4.78, 5) is 36.2. The Morgan fingerprint density at radius 1 is 1.12 bits per heavy atom. The van der Waals surface area contributed by atoms with Crippen molar-refractivity contribution in [1.82, 2.24) is 15.0 Å². The Bertz CT molecular complexity index is 1390. The molecule has 10 nitrogen and oxygen atoms in total. The molecule has 6 atom stereocenters. The molecule has 3 aromatic rings. The molecule has 2 aromatic carbocycles. The molecular formula is C32H42N4O6Si. The van der Waals surface area contributed by atoms with E-state index in [0.29, 0.717) is 13.0 Å². The maximum atomic E-state index is 12.1. The number of β-lactam (4-membered cyclic amide) rings is 1. The number of carbonyl (C=O) groups excluding carboxylic acids is 2. The second-order valence-corrected chi connectivity index (χ2v) is 16.3. The molecular weight excluding hydrogens is 564 g/mol. The molecule has 43 heavy (non-hydrogen) atoms. The predicted molar refractivity (Wildman–Crippen MR) is 164 cm³/mol. The summed E-state index contributed by atoms with van der Waals surface area (Å²) in [6, 6.07) is 17.6. The minimum absolute atomic E-state index is 0.0158. The van der Waals surface area contributed by atoms with Gasteiger partial charge < -0.3 is 19.4 Å². The van der Waals surface area contributed by atoms with Gasteiger partial charge >= 0.3 is 5.97 Å². The fraction of sp³-hybridized carbons (Fsp3) is 0.500. The number of aromatic nitrogens is 3. The number of rotatable bonds is 12. The molecule has 2 unspecified atom stereocenters. The number of benzene rings is 2. The minimum Gasteiger partial charge on any atom is -0.441 e. The minimum atomic E-state index is -2.52. The van der Waals surface area contributed by atoms with E-state index in [-0.39, 0.29) is 48.5 Å². The summed E-state index contributed by atoms with van der Waals surface area (Å²) in [5.41, 5.74) is 3.66. The van der Waals surface area contributed by atoms with Crippen molar-refractivity contribution in [2.75, 3.05) is 11.5 Å². The van der Waals surface area contributed by atoms with Crippen molar-refractivity contribution in [3.63, 3.8) is 0 Å². The number of anilines is 1. The molecule has 2 fully saturated rings. The van der Waals surface area contributed by atoms with E-state index in [9.17, 15) is 19.5 Å². The van der Waals surface area contributed by atoms with Gasteiger partial charge in [-0.25, -0.2) is 0 Å². The van der Waals surface area contributed by atoms with Gasteiger partial charge in [-0.1, -0.05) is 54.6 Å². The highest BCUT2D eigenvalue weighted by Gasteiger charge is 2.49. The first kappa shape index (κ1) is 31.1. The fourth-order valence-electron chi connectivity index (χ4n) is 6.69. The number of hydrogen-bond acceptors (Lipinski definition) is 8. The first-order valence-electron chi connectivity index (χ1n) is 15.1. The zero-order valence-corrected chi connectivity index (χ0v) is 26.3. The third-order valence-electron chi connectivity index (χ3n) is 8.80. The average Bonchev–Trinajstić information content (AvgIpc) is 3.55. The smallest absolute Gasteiger partial charge is 0.304 e. The number of ether oxygens (including phenoxy) is 2. The van der Waals surface area contributed by atoms with Gasteiger partial charge in [0.25, 0.3) is 0 Å². The van der Waals surface area contributed by atoms with Crippen LogP contribution in [0.25, 0.3) is 0 Å². The van der Waals surface area contributed by atoms with Crippen LogP contribution in [0.5, 0.6) is 0 Å². The summed E-state index contributed by atoms with van der Waals surface area (Å²) in [5.74, 6) is -0.483. The predicted octanol–water partition coefficient (Wildman–Crippen LogP) is 4.02. The molecule has 2 N–H and O–H groups in total. The number of nitrogens with zero attached hydrogens (tertiary/aromatic N) is 4. The molecule has 0 radical (unpaired) electrons. The third kappa shape index (κ3) is 7.06. The van der Waals surface area contributed by atoms with Crippen LogP contribution in [0.4, 0.5) is 5.69 Å². The number of aryl methyl sites for hydroxylation is 2. The number of aliphatic hydroxyl groups is 1. The van der Waals surface area contributed by atoms with E-state index >= 15 is 0 Å². The maximum absolute atomic E-state index is 12.1. The van der Waals surface area contributed by atoms with Gasteiger partial charge in [-0.15, -0.1) is 5.10 Å². The molecule has 230 valence electrons. The van der Waals surface area contributed by atoms with Gasteiger partial charge in [-0.3, -0.25) is 19.2 Å². The van der Waals surface area contributed by atoms with E-state index in [1.54, 1.807) is 0 Å². The van der Waals surface area contributed by atoms with Gasteiger partial charge in [0.05, 0.1) is 36.8 Å². The Morgan fingerprint density at radius 3 is 2.47 bits per heavy atom. The number of amides is 1. The molecule has 2 aliphatic heterocycles. The summed E-state index contributed by atoms with van der Waals surface area (Å²) in [6.07, 6.45) is 3.83. The third-order valence-corrected chi connectivity index (χ3v) is 11.3. The normalized spacial score (nSPS) is 24.6. The Labute approximate surface area is 253 Å². The zero-order valence-electron chi connectivity index (χ0n) is 25.3. The number of aliphatic hydroxyl groups excluding tert-OH is 1. The number of esters is 1. The number of carbonyl (C=O) groups is 2. The Morgan fingerprint density at radius 2 is 1.84 bits per heavy atom. The molecule has 5 rings (SSSR count). The molecule has 3 heterocycles. The fourth-order valence-corrected chi connectivity index (χ4v) is 9.35. The monoisotopic (exact) mass is 606 g/mol. The lowest BCUT2D eigenvalue weighted by Gasteiger charge is -2.39. The van der Waals surface area contributed by atoms with Crippen molar-refractivity contribution in [1.29, 1.82) is 0 Å². The van der Waals surface area contributed by atoms with Crippen LogP contribution in [0.1, 0.15) is 55.8 Å². The molecule has 0 saturated carbocycles. The molecule has 11 heteroatoms. The van der Waals surface area contributed by atoms with Crippen LogP contribution < -0.4 is 4.90 Å².